The first-order chi connectivity index (χ1) is 13.1. The van der Waals surface area contributed by atoms with Crippen LogP contribution in [0.4, 0.5) is 21.6 Å². The molecule has 0 radical (unpaired) electrons. The smallest absolute Gasteiger partial charge is 0.323 e. The summed E-state index contributed by atoms with van der Waals surface area (Å²) in [5.41, 5.74) is 1.87. The van der Waals surface area contributed by atoms with E-state index >= 15 is 0 Å². The molecule has 7 nitrogen and oxygen atoms in total. The Balaban J connectivity index is 1.61. The maximum absolute atomic E-state index is 13.9. The second-order valence-electron chi connectivity index (χ2n) is 5.80. The van der Waals surface area contributed by atoms with Crippen LogP contribution in [0.5, 0.6) is 0 Å². The van der Waals surface area contributed by atoms with Crippen LogP contribution < -0.4 is 16.3 Å². The van der Waals surface area contributed by atoms with Crippen LogP contribution in [0, 0.1) is 5.82 Å². The van der Waals surface area contributed by atoms with Crippen LogP contribution in [-0.2, 0) is 0 Å². The van der Waals surface area contributed by atoms with Gasteiger partial charge >= 0.3 is 5.69 Å². The van der Waals surface area contributed by atoms with Crippen molar-refractivity contribution in [3.05, 3.63) is 82.7 Å². The van der Waals surface area contributed by atoms with E-state index in [4.69, 9.17) is 0 Å². The van der Waals surface area contributed by atoms with E-state index in [1.54, 1.807) is 48.5 Å². The lowest BCUT2D eigenvalue weighted by Gasteiger charge is -2.12. The van der Waals surface area contributed by atoms with Crippen molar-refractivity contribution in [2.24, 2.45) is 0 Å². The summed E-state index contributed by atoms with van der Waals surface area (Å²) in [4.78, 5) is 33.4. The van der Waals surface area contributed by atoms with Crippen LogP contribution in [0.15, 0.2) is 65.6 Å². The molecule has 2 aromatic heterocycles. The number of aromatic nitrogens is 3. The average Bonchev–Trinajstić information content (AvgIpc) is 3.03. The standard InChI is InChI=1S/C19H14FN5O2/c20-13-5-1-2-6-14(13)23-17-12(4-3-9-21-17)18(26)22-11-7-8-15-16(10-11)25-19(27)24-15/h1-10H,(H,21,23)(H,22,26)(H2,24,25,27). The number of benzene rings is 2. The molecule has 4 N–H and O–H groups in total. The van der Waals surface area contributed by atoms with Crippen LogP contribution in [-0.4, -0.2) is 20.9 Å². The molecular formula is C19H14FN5O2. The summed E-state index contributed by atoms with van der Waals surface area (Å²) >= 11 is 0. The molecule has 0 saturated carbocycles. The van der Waals surface area contributed by atoms with Crippen molar-refractivity contribution in [1.29, 1.82) is 0 Å². The average molecular weight is 363 g/mol. The largest absolute Gasteiger partial charge is 0.337 e. The van der Waals surface area contributed by atoms with E-state index in [0.29, 0.717) is 16.7 Å². The zero-order valence-electron chi connectivity index (χ0n) is 13.9. The Hall–Kier alpha value is -3.94. The van der Waals surface area contributed by atoms with Crippen molar-refractivity contribution in [1.82, 2.24) is 15.0 Å². The first-order valence-corrected chi connectivity index (χ1v) is 8.10. The van der Waals surface area contributed by atoms with E-state index in [1.165, 1.54) is 12.3 Å². The number of pyridine rings is 1. The van der Waals surface area contributed by atoms with Crippen LogP contribution in [0.2, 0.25) is 0 Å². The van der Waals surface area contributed by atoms with Crippen molar-refractivity contribution in [3.63, 3.8) is 0 Å². The van der Waals surface area contributed by atoms with Gasteiger partial charge in [0.2, 0.25) is 0 Å². The van der Waals surface area contributed by atoms with Gasteiger partial charge in [0, 0.05) is 11.9 Å². The number of hydrogen-bond donors (Lipinski definition) is 4. The van der Waals surface area contributed by atoms with E-state index in [9.17, 15) is 14.0 Å². The number of para-hydroxylation sites is 1. The van der Waals surface area contributed by atoms with Gasteiger partial charge in [-0.05, 0) is 42.5 Å². The number of hydrogen-bond acceptors (Lipinski definition) is 4. The van der Waals surface area contributed by atoms with Crippen molar-refractivity contribution in [2.75, 3.05) is 10.6 Å². The Kier molecular flexibility index (Phi) is 4.13. The highest BCUT2D eigenvalue weighted by atomic mass is 19.1. The van der Waals surface area contributed by atoms with E-state index in [0.717, 1.165) is 0 Å². The second-order valence-corrected chi connectivity index (χ2v) is 5.80. The second kappa shape index (κ2) is 6.75. The number of aromatic amines is 2. The summed E-state index contributed by atoms with van der Waals surface area (Å²) in [5, 5.41) is 5.59. The minimum atomic E-state index is -0.448. The van der Waals surface area contributed by atoms with Crippen molar-refractivity contribution >= 4 is 34.1 Å². The van der Waals surface area contributed by atoms with Crippen molar-refractivity contribution < 1.29 is 9.18 Å². The number of fused-ring (bicyclic) bond motifs is 1. The molecule has 27 heavy (non-hydrogen) atoms. The highest BCUT2D eigenvalue weighted by molar-refractivity contribution is 6.08. The molecule has 0 atom stereocenters. The number of halogens is 1. The molecular weight excluding hydrogens is 349 g/mol. The molecule has 0 bridgehead atoms. The van der Waals surface area contributed by atoms with Gasteiger partial charge in [0.15, 0.2) is 0 Å². The van der Waals surface area contributed by atoms with Crippen molar-refractivity contribution in [2.45, 2.75) is 0 Å². The molecule has 2 aromatic carbocycles. The van der Waals surface area contributed by atoms with E-state index in [-0.39, 0.29) is 22.8 Å². The van der Waals surface area contributed by atoms with Crippen molar-refractivity contribution in [3.8, 4) is 0 Å². The molecule has 1 amide bonds. The number of rotatable bonds is 4. The third-order valence-electron chi connectivity index (χ3n) is 3.95. The van der Waals surface area contributed by atoms with Gasteiger partial charge in [-0.25, -0.2) is 14.2 Å². The third-order valence-corrected chi connectivity index (χ3v) is 3.95. The lowest BCUT2D eigenvalue weighted by molar-refractivity contribution is 0.102. The van der Waals surface area contributed by atoms with E-state index in [1.807, 2.05) is 0 Å². The lowest BCUT2D eigenvalue weighted by Crippen LogP contribution is -2.14. The number of nitrogens with zero attached hydrogens (tertiary/aromatic N) is 1. The van der Waals surface area contributed by atoms with E-state index < -0.39 is 11.7 Å². The normalized spacial score (nSPS) is 10.7. The number of amides is 1. The van der Waals surface area contributed by atoms with Gasteiger partial charge in [-0.3, -0.25) is 4.79 Å². The predicted octanol–water partition coefficient (Wildman–Crippen LogP) is 3.39. The SMILES string of the molecule is O=C(Nc1ccc2[nH]c(=O)[nH]c2c1)c1cccnc1Nc1ccccc1F. The summed E-state index contributed by atoms with van der Waals surface area (Å²) in [7, 11) is 0. The number of nitrogens with one attached hydrogen (secondary N) is 4. The molecule has 0 aliphatic carbocycles. The third kappa shape index (κ3) is 3.40. The maximum Gasteiger partial charge on any atom is 0.323 e. The van der Waals surface area contributed by atoms with Gasteiger partial charge in [-0.2, -0.15) is 0 Å². The highest BCUT2D eigenvalue weighted by Gasteiger charge is 2.14. The van der Waals surface area contributed by atoms with Crippen LogP contribution in [0.1, 0.15) is 10.4 Å². The molecule has 0 fully saturated rings. The molecule has 0 aliphatic heterocycles. The maximum atomic E-state index is 13.9. The summed E-state index contributed by atoms with van der Waals surface area (Å²) in [6.07, 6.45) is 1.51. The Morgan fingerprint density at radius 1 is 1.00 bits per heavy atom. The van der Waals surface area contributed by atoms with Gasteiger partial charge < -0.3 is 20.6 Å². The monoisotopic (exact) mass is 363 g/mol. The highest BCUT2D eigenvalue weighted by Crippen LogP contribution is 2.22. The minimum Gasteiger partial charge on any atom is -0.337 e. The molecule has 8 heteroatoms. The Bertz CT molecular complexity index is 1200. The van der Waals surface area contributed by atoms with Gasteiger partial charge in [0.25, 0.3) is 5.91 Å². The number of anilines is 3. The Morgan fingerprint density at radius 2 is 1.81 bits per heavy atom. The topological polar surface area (TPSA) is 103 Å². The molecule has 4 rings (SSSR count). The van der Waals surface area contributed by atoms with Crippen LogP contribution >= 0.6 is 0 Å². The Labute approximate surface area is 152 Å². The molecule has 134 valence electrons. The molecule has 4 aromatic rings. The van der Waals surface area contributed by atoms with Gasteiger partial charge in [0.05, 0.1) is 22.3 Å². The number of carbonyl (C=O) groups is 1. The molecule has 0 aliphatic rings. The van der Waals surface area contributed by atoms with E-state index in [2.05, 4.69) is 25.6 Å². The first-order valence-electron chi connectivity index (χ1n) is 8.10. The Morgan fingerprint density at radius 3 is 2.67 bits per heavy atom. The molecule has 2 heterocycles. The summed E-state index contributed by atoms with van der Waals surface area (Å²) < 4.78 is 13.9. The summed E-state index contributed by atoms with van der Waals surface area (Å²) in [6, 6.07) is 14.3. The fourth-order valence-electron chi connectivity index (χ4n) is 2.69. The number of carbonyl (C=O) groups excluding carboxylic acids is 1. The fraction of sp³-hybridized carbons (Fsp3) is 0. The summed E-state index contributed by atoms with van der Waals surface area (Å²) in [6.45, 7) is 0. The first kappa shape index (κ1) is 16.5. The van der Waals surface area contributed by atoms with Crippen LogP contribution in [0.3, 0.4) is 0 Å². The van der Waals surface area contributed by atoms with Gasteiger partial charge in [-0.1, -0.05) is 12.1 Å². The summed E-state index contributed by atoms with van der Waals surface area (Å²) in [5.74, 6) is -0.633. The quantitative estimate of drug-likeness (QED) is 0.446. The van der Waals surface area contributed by atoms with Gasteiger partial charge in [0.1, 0.15) is 11.6 Å². The number of imidazole rings is 1. The molecule has 0 saturated heterocycles. The van der Waals surface area contributed by atoms with Gasteiger partial charge in [-0.15, -0.1) is 0 Å². The van der Waals surface area contributed by atoms with Crippen LogP contribution in [0.25, 0.3) is 11.0 Å². The molecule has 0 unspecified atom stereocenters. The zero-order chi connectivity index (χ0) is 18.8. The predicted molar refractivity (Wildman–Crippen MR) is 101 cm³/mol. The molecule has 0 spiro atoms. The zero-order valence-corrected chi connectivity index (χ0v) is 13.9. The minimum absolute atomic E-state index is 0.219. The number of H-pyrrole nitrogens is 2. The lowest BCUT2D eigenvalue weighted by atomic mass is 10.2. The fourth-order valence-corrected chi connectivity index (χ4v) is 2.69.